The molecule has 0 aromatic rings. The molecule has 0 unspecified atom stereocenters. The smallest absolute Gasteiger partial charge is 0.0173 e. The molecule has 0 nitrogen and oxygen atoms in total. The van der Waals surface area contributed by atoms with Crippen LogP contribution in [0.2, 0.25) is 0 Å². The molecule has 2 rings (SSSR count). The zero-order valence-electron chi connectivity index (χ0n) is 5.90. The van der Waals surface area contributed by atoms with E-state index in [9.17, 15) is 0 Å². The summed E-state index contributed by atoms with van der Waals surface area (Å²) in [6.07, 6.45) is 5.72. The van der Waals surface area contributed by atoms with Gasteiger partial charge < -0.3 is 0 Å². The third-order valence-electron chi connectivity index (χ3n) is 2.01. The van der Waals surface area contributed by atoms with Gasteiger partial charge in [0.2, 0.25) is 0 Å². The number of hydrogen-bond acceptors (Lipinski definition) is 1. The average molecular weight is 266 g/mol. The molecule has 0 aromatic carbocycles. The molecule has 0 spiro atoms. The van der Waals surface area contributed by atoms with Crippen LogP contribution in [-0.2, 0) is 0 Å². The fourth-order valence-corrected chi connectivity index (χ4v) is 5.90. The number of rotatable bonds is 0. The number of alkyl halides is 1. The molecule has 0 atom stereocenters. The zero-order chi connectivity index (χ0) is 6.81. The summed E-state index contributed by atoms with van der Waals surface area (Å²) in [5.74, 6) is 0. The summed E-state index contributed by atoms with van der Waals surface area (Å²) in [6, 6.07) is 0. The second-order valence-corrected chi connectivity index (χ2v) is 6.80. The first-order chi connectivity index (χ1) is 4.97. The Labute approximate surface area is 76.2 Å². The first kappa shape index (κ1) is 7.35. The molecule has 56 valence electrons. The summed E-state index contributed by atoms with van der Waals surface area (Å²) < 4.78 is 3.95. The van der Waals surface area contributed by atoms with Crippen LogP contribution >= 0.6 is 32.5 Å². The summed E-state index contributed by atoms with van der Waals surface area (Å²) in [5.41, 5.74) is 1.83. The van der Waals surface area contributed by atoms with E-state index in [0.717, 1.165) is 0 Å². The Bertz CT molecular complexity index is 173. The Morgan fingerprint density at radius 1 is 1.30 bits per heavy atom. The number of allylic oxidation sites excluding steroid dienone is 2. The molecule has 0 radical (unpaired) electrons. The lowest BCUT2D eigenvalue weighted by molar-refractivity contribution is 0.698. The van der Waals surface area contributed by atoms with Crippen molar-refractivity contribution in [3.63, 3.8) is 0 Å². The van der Waals surface area contributed by atoms with Crippen molar-refractivity contribution in [2.45, 2.75) is 25.7 Å². The highest BCUT2D eigenvalue weighted by Gasteiger charge is 2.13. The Balaban J connectivity index is 2.17. The van der Waals surface area contributed by atoms with Crippen molar-refractivity contribution < 1.29 is 0 Å². The van der Waals surface area contributed by atoms with Crippen molar-refractivity contribution in [3.05, 3.63) is 10.5 Å². The van der Waals surface area contributed by atoms with Gasteiger partial charge in [0, 0.05) is 7.77 Å². The highest BCUT2D eigenvalue weighted by Crippen LogP contribution is 2.37. The predicted molar refractivity (Wildman–Crippen MR) is 58.0 cm³/mol. The molecule has 0 amide bonds. The van der Waals surface area contributed by atoms with Gasteiger partial charge >= 0.3 is 0 Å². The van der Waals surface area contributed by atoms with Gasteiger partial charge in [-0.3, -0.25) is 0 Å². The van der Waals surface area contributed by atoms with Crippen LogP contribution in [0.1, 0.15) is 25.7 Å². The van der Waals surface area contributed by atoms with Crippen molar-refractivity contribution >= 4 is 35.8 Å². The molecule has 0 saturated carbocycles. The van der Waals surface area contributed by atoms with Crippen LogP contribution in [0.5, 0.6) is 0 Å². The largest absolute Gasteiger partial charge is 0.111 e. The zero-order valence-corrected chi connectivity index (χ0v) is 8.87. The summed E-state index contributed by atoms with van der Waals surface area (Å²) in [6.45, 7) is 0. The van der Waals surface area contributed by atoms with Gasteiger partial charge in [-0.15, -0.1) is 20.7 Å². The van der Waals surface area contributed by atoms with Gasteiger partial charge in [0.15, 0.2) is 0 Å². The van der Waals surface area contributed by atoms with Crippen LogP contribution in [0, 0.1) is 0 Å². The van der Waals surface area contributed by atoms with Crippen molar-refractivity contribution in [2.24, 2.45) is 0 Å². The molecule has 0 bridgehead atoms. The standard InChI is InChI=1S/C8H11IS/c1-2-4-8-7(3-1)5-9-6-10-8/h6H,1-5H2. The van der Waals surface area contributed by atoms with Gasteiger partial charge in [0.05, 0.1) is 0 Å². The van der Waals surface area contributed by atoms with E-state index in [1.54, 1.807) is 4.91 Å². The third-order valence-corrected chi connectivity index (χ3v) is 6.21. The highest BCUT2D eigenvalue weighted by molar-refractivity contribution is 14.2. The molecule has 1 aliphatic heterocycles. The minimum atomic E-state index is 0.449. The highest BCUT2D eigenvalue weighted by atomic mass is 127. The van der Waals surface area contributed by atoms with Gasteiger partial charge in [-0.05, 0) is 30.6 Å². The van der Waals surface area contributed by atoms with Gasteiger partial charge in [-0.25, -0.2) is 0 Å². The first-order valence-corrected chi connectivity index (χ1v) is 7.39. The molecule has 0 saturated heterocycles. The van der Waals surface area contributed by atoms with Crippen LogP contribution in [0.4, 0.5) is 0 Å². The quantitative estimate of drug-likeness (QED) is 0.479. The van der Waals surface area contributed by atoms with E-state index in [2.05, 4.69) is 15.1 Å². The maximum absolute atomic E-state index is 2.48. The van der Waals surface area contributed by atoms with Crippen LogP contribution in [0.15, 0.2) is 10.5 Å². The van der Waals surface area contributed by atoms with Crippen molar-refractivity contribution in [1.82, 2.24) is 0 Å². The van der Waals surface area contributed by atoms with E-state index in [1.807, 2.05) is 5.57 Å². The van der Waals surface area contributed by atoms with E-state index in [1.165, 1.54) is 30.1 Å². The normalized spacial score (nSPS) is 25.6. The fourth-order valence-electron chi connectivity index (χ4n) is 1.43. The molecular formula is C8H11IS. The van der Waals surface area contributed by atoms with Crippen LogP contribution in [0.3, 0.4) is 0 Å². The summed E-state index contributed by atoms with van der Waals surface area (Å²) in [5, 5.41) is 0. The van der Waals surface area contributed by atoms with Gasteiger partial charge in [0.1, 0.15) is 0 Å². The monoisotopic (exact) mass is 266 g/mol. The molecule has 1 aliphatic carbocycles. The lowest BCUT2D eigenvalue weighted by Crippen LogP contribution is -2.00. The van der Waals surface area contributed by atoms with Crippen LogP contribution in [-0.4, -0.2) is 7.77 Å². The second kappa shape index (κ2) is 3.39. The first-order valence-electron chi connectivity index (χ1n) is 3.74. The van der Waals surface area contributed by atoms with Crippen molar-refractivity contribution in [1.29, 1.82) is 0 Å². The van der Waals surface area contributed by atoms with Gasteiger partial charge in [-0.2, -0.15) is 0 Å². The average Bonchev–Trinajstić information content (AvgIpc) is 2.05. The second-order valence-electron chi connectivity index (χ2n) is 2.73. The van der Waals surface area contributed by atoms with E-state index in [-0.39, 0.29) is 0 Å². The minimum Gasteiger partial charge on any atom is -0.111 e. The van der Waals surface area contributed by atoms with E-state index in [0.29, 0.717) is 20.7 Å². The van der Waals surface area contributed by atoms with E-state index in [4.69, 9.17) is 0 Å². The van der Waals surface area contributed by atoms with Crippen LogP contribution in [0.25, 0.3) is 0 Å². The van der Waals surface area contributed by atoms with Gasteiger partial charge in [0.25, 0.3) is 0 Å². The lowest BCUT2D eigenvalue weighted by Gasteiger charge is -2.19. The van der Waals surface area contributed by atoms with E-state index < -0.39 is 0 Å². The SMILES string of the molecule is C1=ICC2=C(CCCC2)S1. The molecule has 0 N–H and O–H groups in total. The number of hydrogen-bond donors (Lipinski definition) is 0. The van der Waals surface area contributed by atoms with Crippen molar-refractivity contribution in [2.75, 3.05) is 4.43 Å². The van der Waals surface area contributed by atoms with Crippen LogP contribution < -0.4 is 0 Å². The number of halogens is 1. The molecule has 1 heterocycles. The Morgan fingerprint density at radius 3 is 3.10 bits per heavy atom. The summed E-state index contributed by atoms with van der Waals surface area (Å²) >= 11 is 2.50. The molecular weight excluding hydrogens is 255 g/mol. The topological polar surface area (TPSA) is 0 Å². The maximum atomic E-state index is 2.48. The molecule has 0 aromatic heterocycles. The minimum absolute atomic E-state index is 0.449. The molecule has 0 fully saturated rings. The fraction of sp³-hybridized carbons (Fsp3) is 0.625. The molecule has 2 aliphatic rings. The molecule has 10 heavy (non-hydrogen) atoms. The van der Waals surface area contributed by atoms with Gasteiger partial charge in [-0.1, -0.05) is 17.3 Å². The van der Waals surface area contributed by atoms with E-state index >= 15 is 0 Å². The number of thioether (sulfide) groups is 1. The third kappa shape index (κ3) is 1.47. The Morgan fingerprint density at radius 2 is 2.20 bits per heavy atom. The summed E-state index contributed by atoms with van der Waals surface area (Å²) in [7, 11) is 0. The Hall–Kier alpha value is 0.690. The van der Waals surface area contributed by atoms with Crippen molar-refractivity contribution in [3.8, 4) is 0 Å². The lowest BCUT2D eigenvalue weighted by atomic mass is 10.0. The maximum Gasteiger partial charge on any atom is 0.0173 e. The predicted octanol–water partition coefficient (Wildman–Crippen LogP) is 3.29. The Kier molecular flexibility index (Phi) is 2.49. The molecule has 2 heteroatoms. The summed E-state index contributed by atoms with van der Waals surface area (Å²) in [4.78, 5) is 1.73.